The lowest BCUT2D eigenvalue weighted by Crippen LogP contribution is -2.36. The van der Waals surface area contributed by atoms with E-state index in [2.05, 4.69) is 26.1 Å². The standard InChI is InChI=1S/C16H24FNO/c1-10(2)15(11(3)18-4)9-14-8-12-7-13(17)5-6-16(12)19-14/h5-7,10-11,14-15,18H,8-9H2,1-4H3. The third-order valence-corrected chi connectivity index (χ3v) is 4.25. The van der Waals surface area contributed by atoms with Gasteiger partial charge in [0.15, 0.2) is 0 Å². The maximum atomic E-state index is 13.2. The van der Waals surface area contributed by atoms with Gasteiger partial charge < -0.3 is 10.1 Å². The Hall–Kier alpha value is -1.09. The van der Waals surface area contributed by atoms with Crippen LogP contribution in [0.2, 0.25) is 0 Å². The molecule has 3 unspecified atom stereocenters. The summed E-state index contributed by atoms with van der Waals surface area (Å²) in [4.78, 5) is 0. The van der Waals surface area contributed by atoms with Gasteiger partial charge in [-0.05, 0) is 50.4 Å². The quantitative estimate of drug-likeness (QED) is 0.881. The van der Waals surface area contributed by atoms with Gasteiger partial charge in [-0.25, -0.2) is 4.39 Å². The Labute approximate surface area is 115 Å². The fourth-order valence-corrected chi connectivity index (χ4v) is 2.99. The van der Waals surface area contributed by atoms with E-state index in [1.54, 1.807) is 12.1 Å². The smallest absolute Gasteiger partial charge is 0.123 e. The molecule has 0 amide bonds. The summed E-state index contributed by atoms with van der Waals surface area (Å²) in [6.45, 7) is 6.72. The van der Waals surface area contributed by atoms with Crippen LogP contribution in [0.4, 0.5) is 4.39 Å². The topological polar surface area (TPSA) is 21.3 Å². The van der Waals surface area contributed by atoms with Crippen molar-refractivity contribution >= 4 is 0 Å². The molecule has 2 rings (SSSR count). The van der Waals surface area contributed by atoms with Gasteiger partial charge in [-0.1, -0.05) is 13.8 Å². The SMILES string of the molecule is CNC(C)C(CC1Cc2cc(F)ccc2O1)C(C)C. The van der Waals surface area contributed by atoms with Crippen molar-refractivity contribution in [3.63, 3.8) is 0 Å². The summed E-state index contributed by atoms with van der Waals surface area (Å²) >= 11 is 0. The monoisotopic (exact) mass is 265 g/mol. The molecule has 106 valence electrons. The number of fused-ring (bicyclic) bond motifs is 1. The van der Waals surface area contributed by atoms with Crippen LogP contribution in [0.5, 0.6) is 5.75 Å². The summed E-state index contributed by atoms with van der Waals surface area (Å²) < 4.78 is 19.1. The van der Waals surface area contributed by atoms with Crippen molar-refractivity contribution in [2.75, 3.05) is 7.05 Å². The van der Waals surface area contributed by atoms with E-state index in [9.17, 15) is 4.39 Å². The van der Waals surface area contributed by atoms with Crippen LogP contribution >= 0.6 is 0 Å². The highest BCUT2D eigenvalue weighted by Crippen LogP contribution is 2.33. The Bertz CT molecular complexity index is 433. The molecule has 0 bridgehead atoms. The van der Waals surface area contributed by atoms with Gasteiger partial charge in [0.25, 0.3) is 0 Å². The second-order valence-corrected chi connectivity index (χ2v) is 5.92. The number of hydrogen-bond acceptors (Lipinski definition) is 2. The molecule has 1 heterocycles. The van der Waals surface area contributed by atoms with Gasteiger partial charge in [-0.15, -0.1) is 0 Å². The van der Waals surface area contributed by atoms with Crippen LogP contribution in [0.25, 0.3) is 0 Å². The Kier molecular flexibility index (Phi) is 4.46. The van der Waals surface area contributed by atoms with Crippen LogP contribution in [0.3, 0.4) is 0 Å². The zero-order valence-corrected chi connectivity index (χ0v) is 12.2. The minimum absolute atomic E-state index is 0.174. The summed E-state index contributed by atoms with van der Waals surface area (Å²) in [5.74, 6) is 1.85. The molecule has 0 aromatic heterocycles. The maximum absolute atomic E-state index is 13.2. The number of benzene rings is 1. The average Bonchev–Trinajstić information content (AvgIpc) is 2.76. The van der Waals surface area contributed by atoms with Crippen LogP contribution in [0, 0.1) is 17.7 Å². The predicted molar refractivity (Wildman–Crippen MR) is 76.0 cm³/mol. The Morgan fingerprint density at radius 1 is 1.37 bits per heavy atom. The third kappa shape index (κ3) is 3.27. The first kappa shape index (κ1) is 14.3. The van der Waals surface area contributed by atoms with Crippen LogP contribution in [0.1, 0.15) is 32.8 Å². The molecule has 3 heteroatoms. The highest BCUT2D eigenvalue weighted by Gasteiger charge is 2.29. The molecule has 2 nitrogen and oxygen atoms in total. The van der Waals surface area contributed by atoms with Crippen molar-refractivity contribution in [1.29, 1.82) is 0 Å². The van der Waals surface area contributed by atoms with Gasteiger partial charge >= 0.3 is 0 Å². The fourth-order valence-electron chi connectivity index (χ4n) is 2.99. The predicted octanol–water partition coefficient (Wildman–Crippen LogP) is 3.40. The van der Waals surface area contributed by atoms with Gasteiger partial charge in [0.2, 0.25) is 0 Å². The van der Waals surface area contributed by atoms with Crippen molar-refractivity contribution in [2.24, 2.45) is 11.8 Å². The zero-order valence-electron chi connectivity index (χ0n) is 12.2. The molecule has 3 atom stereocenters. The molecule has 0 saturated carbocycles. The summed E-state index contributed by atoms with van der Waals surface area (Å²) in [5, 5.41) is 3.34. The first-order valence-electron chi connectivity index (χ1n) is 7.13. The lowest BCUT2D eigenvalue weighted by Gasteiger charge is -2.29. The van der Waals surface area contributed by atoms with Crippen molar-refractivity contribution < 1.29 is 9.13 Å². The fraction of sp³-hybridized carbons (Fsp3) is 0.625. The lowest BCUT2D eigenvalue weighted by molar-refractivity contribution is 0.156. The Morgan fingerprint density at radius 3 is 2.74 bits per heavy atom. The van der Waals surface area contributed by atoms with E-state index in [0.29, 0.717) is 17.9 Å². The third-order valence-electron chi connectivity index (χ3n) is 4.25. The first-order chi connectivity index (χ1) is 9.01. The van der Waals surface area contributed by atoms with E-state index in [4.69, 9.17) is 4.74 Å². The molecule has 1 aliphatic rings. The van der Waals surface area contributed by atoms with E-state index in [0.717, 1.165) is 24.2 Å². The molecule has 0 aliphatic carbocycles. The van der Waals surface area contributed by atoms with E-state index in [1.807, 2.05) is 7.05 Å². The summed E-state index contributed by atoms with van der Waals surface area (Å²) in [6, 6.07) is 5.28. The van der Waals surface area contributed by atoms with Crippen molar-refractivity contribution in [3.05, 3.63) is 29.6 Å². The highest BCUT2D eigenvalue weighted by molar-refractivity contribution is 5.37. The molecule has 0 saturated heterocycles. The van der Waals surface area contributed by atoms with Crippen molar-refractivity contribution in [1.82, 2.24) is 5.32 Å². The molecule has 1 N–H and O–H groups in total. The normalized spacial score (nSPS) is 21.1. The van der Waals surface area contributed by atoms with Crippen LogP contribution in [0.15, 0.2) is 18.2 Å². The van der Waals surface area contributed by atoms with E-state index < -0.39 is 0 Å². The largest absolute Gasteiger partial charge is 0.490 e. The second-order valence-electron chi connectivity index (χ2n) is 5.92. The molecular formula is C16H24FNO. The van der Waals surface area contributed by atoms with E-state index in [1.165, 1.54) is 6.07 Å². The van der Waals surface area contributed by atoms with Gasteiger partial charge in [0.1, 0.15) is 17.7 Å². The minimum atomic E-state index is -0.174. The number of halogens is 1. The van der Waals surface area contributed by atoms with Crippen LogP contribution in [-0.4, -0.2) is 19.2 Å². The van der Waals surface area contributed by atoms with Crippen LogP contribution in [-0.2, 0) is 6.42 Å². The number of ether oxygens (including phenoxy) is 1. The average molecular weight is 265 g/mol. The van der Waals surface area contributed by atoms with Crippen molar-refractivity contribution in [3.8, 4) is 5.75 Å². The molecular weight excluding hydrogens is 241 g/mol. The van der Waals surface area contributed by atoms with Crippen LogP contribution < -0.4 is 10.1 Å². The number of nitrogens with one attached hydrogen (secondary N) is 1. The minimum Gasteiger partial charge on any atom is -0.490 e. The highest BCUT2D eigenvalue weighted by atomic mass is 19.1. The first-order valence-corrected chi connectivity index (χ1v) is 7.13. The Balaban J connectivity index is 2.02. The summed E-state index contributed by atoms with van der Waals surface area (Å²) in [6.07, 6.45) is 2.02. The molecule has 0 spiro atoms. The molecule has 0 fully saturated rings. The zero-order chi connectivity index (χ0) is 14.0. The van der Waals surface area contributed by atoms with E-state index in [-0.39, 0.29) is 11.9 Å². The molecule has 0 radical (unpaired) electrons. The van der Waals surface area contributed by atoms with Gasteiger partial charge in [0, 0.05) is 18.0 Å². The second kappa shape index (κ2) is 5.91. The number of hydrogen-bond donors (Lipinski definition) is 1. The maximum Gasteiger partial charge on any atom is 0.123 e. The van der Waals surface area contributed by atoms with Gasteiger partial charge in [0.05, 0.1) is 0 Å². The molecule has 1 aromatic rings. The number of rotatable bonds is 5. The van der Waals surface area contributed by atoms with Gasteiger partial charge in [-0.3, -0.25) is 0 Å². The van der Waals surface area contributed by atoms with E-state index >= 15 is 0 Å². The molecule has 1 aliphatic heterocycles. The van der Waals surface area contributed by atoms with Gasteiger partial charge in [-0.2, -0.15) is 0 Å². The molecule has 1 aromatic carbocycles. The van der Waals surface area contributed by atoms with Crippen molar-refractivity contribution in [2.45, 2.75) is 45.8 Å². The summed E-state index contributed by atoms with van der Waals surface area (Å²) in [5.41, 5.74) is 1.00. The summed E-state index contributed by atoms with van der Waals surface area (Å²) in [7, 11) is 2.00. The molecule has 19 heavy (non-hydrogen) atoms. The Morgan fingerprint density at radius 2 is 2.11 bits per heavy atom. The lowest BCUT2D eigenvalue weighted by atomic mass is 9.84.